The number of carbonyl (C=O) groups excluding carboxylic acids is 1. The van der Waals surface area contributed by atoms with Crippen molar-refractivity contribution in [3.8, 4) is 0 Å². The van der Waals surface area contributed by atoms with Crippen molar-refractivity contribution >= 4 is 37.5 Å². The van der Waals surface area contributed by atoms with Crippen LogP contribution >= 0.6 is 11.3 Å². The molecule has 2 aromatic rings. The minimum Gasteiger partial charge on any atom is -0.336 e. The Bertz CT molecular complexity index is 793. The molecule has 0 N–H and O–H groups in total. The largest absolute Gasteiger partial charge is 0.336 e. The number of benzene rings is 1. The first-order valence-corrected chi connectivity index (χ1v) is 9.60. The Kier molecular flexibility index (Phi) is 4.16. The van der Waals surface area contributed by atoms with Gasteiger partial charge in [0.25, 0.3) is 5.91 Å². The second kappa shape index (κ2) is 5.94. The highest BCUT2D eigenvalue weighted by Gasteiger charge is 2.28. The van der Waals surface area contributed by atoms with Crippen molar-refractivity contribution in [2.45, 2.75) is 6.92 Å². The van der Waals surface area contributed by atoms with Gasteiger partial charge in [0.05, 0.1) is 21.5 Å². The predicted octanol–water partition coefficient (Wildman–Crippen LogP) is 1.40. The van der Waals surface area contributed by atoms with E-state index in [0.717, 1.165) is 10.2 Å². The van der Waals surface area contributed by atoms with E-state index in [9.17, 15) is 13.2 Å². The molecule has 0 bridgehead atoms. The van der Waals surface area contributed by atoms with E-state index in [2.05, 4.69) is 4.98 Å². The number of rotatable bonds is 3. The fourth-order valence-electron chi connectivity index (χ4n) is 2.52. The van der Waals surface area contributed by atoms with Gasteiger partial charge in [0.15, 0.2) is 0 Å². The summed E-state index contributed by atoms with van der Waals surface area (Å²) >= 11 is 1.50. The summed E-state index contributed by atoms with van der Waals surface area (Å²) in [4.78, 5) is 18.4. The smallest absolute Gasteiger partial charge is 0.253 e. The number of sulfonamides is 1. The fourth-order valence-corrected chi connectivity index (χ4v) is 4.32. The number of nitrogens with zero attached hydrogens (tertiary/aromatic N) is 3. The van der Waals surface area contributed by atoms with Crippen molar-refractivity contribution in [2.75, 3.05) is 31.9 Å². The molecule has 0 atom stereocenters. The molecule has 22 heavy (non-hydrogen) atoms. The van der Waals surface area contributed by atoms with Crippen LogP contribution in [-0.2, 0) is 10.0 Å². The molecule has 8 heteroatoms. The van der Waals surface area contributed by atoms with E-state index in [1.807, 2.05) is 12.1 Å². The van der Waals surface area contributed by atoms with E-state index in [1.165, 1.54) is 15.6 Å². The summed E-state index contributed by atoms with van der Waals surface area (Å²) in [5.41, 5.74) is 3.27. The molecule has 1 fully saturated rings. The van der Waals surface area contributed by atoms with Crippen molar-refractivity contribution in [1.29, 1.82) is 0 Å². The lowest BCUT2D eigenvalue weighted by Crippen LogP contribution is -2.50. The molecule has 1 aliphatic rings. The molecule has 1 saturated heterocycles. The van der Waals surface area contributed by atoms with Gasteiger partial charge in [-0.3, -0.25) is 4.79 Å². The van der Waals surface area contributed by atoms with Crippen molar-refractivity contribution in [3.63, 3.8) is 0 Å². The van der Waals surface area contributed by atoms with Crippen LogP contribution in [0.1, 0.15) is 17.3 Å². The van der Waals surface area contributed by atoms with Gasteiger partial charge in [-0.25, -0.2) is 13.4 Å². The molecule has 1 aromatic heterocycles. The number of aromatic nitrogens is 1. The standard InChI is InChI=1S/C14H17N3O3S2/c1-2-22(19,20)17-7-5-16(6-8-17)14(18)11-3-4-12-13(9-11)21-10-15-12/h3-4,9-10H,2,5-8H2,1H3. The molecular formula is C14H17N3O3S2. The Morgan fingerprint density at radius 1 is 1.27 bits per heavy atom. The Labute approximate surface area is 133 Å². The number of hydrogen-bond acceptors (Lipinski definition) is 5. The molecule has 6 nitrogen and oxygen atoms in total. The SMILES string of the molecule is CCS(=O)(=O)N1CCN(C(=O)c2ccc3ncsc3c2)CC1. The molecule has 0 aliphatic carbocycles. The molecule has 1 amide bonds. The van der Waals surface area contributed by atoms with Crippen LogP contribution in [0.4, 0.5) is 0 Å². The molecule has 0 spiro atoms. The van der Waals surface area contributed by atoms with E-state index in [1.54, 1.807) is 23.4 Å². The van der Waals surface area contributed by atoms with Gasteiger partial charge in [-0.15, -0.1) is 11.3 Å². The van der Waals surface area contributed by atoms with Crippen LogP contribution in [0.2, 0.25) is 0 Å². The average molecular weight is 339 g/mol. The van der Waals surface area contributed by atoms with Gasteiger partial charge in [-0.2, -0.15) is 4.31 Å². The lowest BCUT2D eigenvalue weighted by atomic mass is 10.2. The van der Waals surface area contributed by atoms with E-state index >= 15 is 0 Å². The summed E-state index contributed by atoms with van der Waals surface area (Å²) in [6.45, 7) is 3.23. The first kappa shape index (κ1) is 15.4. The van der Waals surface area contributed by atoms with E-state index in [4.69, 9.17) is 0 Å². The zero-order valence-corrected chi connectivity index (χ0v) is 13.9. The molecule has 118 valence electrons. The summed E-state index contributed by atoms with van der Waals surface area (Å²) in [5, 5.41) is 0. The van der Waals surface area contributed by atoms with Crippen LogP contribution in [0.3, 0.4) is 0 Å². The summed E-state index contributed by atoms with van der Waals surface area (Å²) in [6.07, 6.45) is 0. The maximum Gasteiger partial charge on any atom is 0.253 e. The second-order valence-electron chi connectivity index (χ2n) is 5.13. The third-order valence-corrected chi connectivity index (χ3v) is 6.54. The molecule has 1 aromatic carbocycles. The Morgan fingerprint density at radius 3 is 2.68 bits per heavy atom. The number of piperazine rings is 1. The first-order chi connectivity index (χ1) is 10.5. The van der Waals surface area contributed by atoms with Gasteiger partial charge in [-0.1, -0.05) is 0 Å². The van der Waals surface area contributed by atoms with Gasteiger partial charge in [0.2, 0.25) is 10.0 Å². The lowest BCUT2D eigenvalue weighted by molar-refractivity contribution is 0.0698. The predicted molar refractivity (Wildman–Crippen MR) is 86.6 cm³/mol. The maximum atomic E-state index is 12.5. The topological polar surface area (TPSA) is 70.6 Å². The van der Waals surface area contributed by atoms with Crippen LogP contribution in [-0.4, -0.2) is 60.4 Å². The lowest BCUT2D eigenvalue weighted by Gasteiger charge is -2.33. The summed E-state index contributed by atoms with van der Waals surface area (Å²) in [7, 11) is -3.17. The van der Waals surface area contributed by atoms with Gasteiger partial charge >= 0.3 is 0 Å². The summed E-state index contributed by atoms with van der Waals surface area (Å²) in [5.74, 6) is 0.0482. The number of thiazole rings is 1. The van der Waals surface area contributed by atoms with Crippen molar-refractivity contribution in [1.82, 2.24) is 14.2 Å². The van der Waals surface area contributed by atoms with Gasteiger partial charge in [0, 0.05) is 31.7 Å². The second-order valence-corrected chi connectivity index (χ2v) is 8.27. The zero-order chi connectivity index (χ0) is 15.7. The minimum absolute atomic E-state index is 0.0520. The highest BCUT2D eigenvalue weighted by Crippen LogP contribution is 2.20. The van der Waals surface area contributed by atoms with Crippen molar-refractivity contribution < 1.29 is 13.2 Å². The van der Waals surface area contributed by atoms with Crippen LogP contribution in [0, 0.1) is 0 Å². The number of fused-ring (bicyclic) bond motifs is 1. The van der Waals surface area contributed by atoms with E-state index < -0.39 is 10.0 Å². The normalized spacial score (nSPS) is 17.0. The van der Waals surface area contributed by atoms with Crippen LogP contribution < -0.4 is 0 Å². The molecule has 0 unspecified atom stereocenters. The quantitative estimate of drug-likeness (QED) is 0.847. The first-order valence-electron chi connectivity index (χ1n) is 7.11. The fraction of sp³-hybridized carbons (Fsp3) is 0.429. The van der Waals surface area contributed by atoms with Crippen molar-refractivity contribution in [2.24, 2.45) is 0 Å². The molecule has 0 saturated carbocycles. The Balaban J connectivity index is 1.71. The summed E-state index contributed by atoms with van der Waals surface area (Å²) < 4.78 is 26.1. The summed E-state index contributed by atoms with van der Waals surface area (Å²) in [6, 6.07) is 5.47. The van der Waals surface area contributed by atoms with Gasteiger partial charge in [0.1, 0.15) is 0 Å². The van der Waals surface area contributed by atoms with Gasteiger partial charge in [-0.05, 0) is 25.1 Å². The molecule has 0 radical (unpaired) electrons. The minimum atomic E-state index is -3.17. The van der Waals surface area contributed by atoms with Gasteiger partial charge < -0.3 is 4.90 Å². The monoisotopic (exact) mass is 339 g/mol. The van der Waals surface area contributed by atoms with E-state index in [-0.39, 0.29) is 11.7 Å². The third-order valence-electron chi connectivity index (χ3n) is 3.86. The van der Waals surface area contributed by atoms with E-state index in [0.29, 0.717) is 31.7 Å². The molecule has 3 rings (SSSR count). The van der Waals surface area contributed by atoms with Crippen LogP contribution in [0.15, 0.2) is 23.7 Å². The van der Waals surface area contributed by atoms with Crippen molar-refractivity contribution in [3.05, 3.63) is 29.3 Å². The molecule has 1 aliphatic heterocycles. The number of carbonyl (C=O) groups is 1. The number of hydrogen-bond donors (Lipinski definition) is 0. The third kappa shape index (κ3) is 2.86. The highest BCUT2D eigenvalue weighted by atomic mass is 32.2. The average Bonchev–Trinajstić information content (AvgIpc) is 3.02. The van der Waals surface area contributed by atoms with Crippen LogP contribution in [0.25, 0.3) is 10.2 Å². The van der Waals surface area contributed by atoms with Crippen LogP contribution in [0.5, 0.6) is 0 Å². The molecule has 2 heterocycles. The zero-order valence-electron chi connectivity index (χ0n) is 12.2. The maximum absolute atomic E-state index is 12.5. The molecular weight excluding hydrogens is 322 g/mol. The Morgan fingerprint density at radius 2 is 2.00 bits per heavy atom. The highest BCUT2D eigenvalue weighted by molar-refractivity contribution is 7.89. The number of amides is 1. The Hall–Kier alpha value is -1.51.